The largest absolute Gasteiger partial charge is 0.481 e. The van der Waals surface area contributed by atoms with Crippen LogP contribution in [0.15, 0.2) is 12.2 Å². The molecule has 0 bridgehead atoms. The van der Waals surface area contributed by atoms with Crippen LogP contribution in [-0.4, -0.2) is 22.2 Å². The molecule has 0 aromatic heterocycles. The van der Waals surface area contributed by atoms with Crippen LogP contribution in [0.25, 0.3) is 0 Å². The molecule has 0 saturated heterocycles. The first-order valence-electron chi connectivity index (χ1n) is 20.0. The standard InChI is InChI=1S/C41H76O4/c1-4-6-8-10-12-14-16-18-20-22-24-26-28-30-34-40(38(42)43)35-32-33-37(3)41(40,39(44)45)36-31-29-27-25-23-21-19-17-15-13-11-9-7-5-2/h32-33,37H,4-31,34-36H2,1-3H3,(H,42,43)(H,44,45). The fourth-order valence-electron chi connectivity index (χ4n) is 8.16. The third-order valence-corrected chi connectivity index (χ3v) is 11.2. The smallest absolute Gasteiger partial charge is 0.311 e. The molecule has 0 amide bonds. The Labute approximate surface area is 280 Å². The maximum absolute atomic E-state index is 13.0. The molecule has 0 saturated carbocycles. The van der Waals surface area contributed by atoms with E-state index in [0.29, 0.717) is 19.3 Å². The molecule has 0 aromatic carbocycles. The molecule has 0 aromatic rings. The van der Waals surface area contributed by atoms with Crippen molar-refractivity contribution in [2.75, 3.05) is 0 Å². The van der Waals surface area contributed by atoms with Crippen LogP contribution in [0.5, 0.6) is 0 Å². The third kappa shape index (κ3) is 15.9. The zero-order valence-corrected chi connectivity index (χ0v) is 30.4. The quantitative estimate of drug-likeness (QED) is 0.0571. The molecular formula is C41H76O4. The normalized spacial score (nSPS) is 21.4. The van der Waals surface area contributed by atoms with Gasteiger partial charge in [-0.2, -0.15) is 0 Å². The number of hydrogen-bond acceptors (Lipinski definition) is 2. The van der Waals surface area contributed by atoms with Crippen LogP contribution in [0, 0.1) is 16.7 Å². The van der Waals surface area contributed by atoms with Crippen molar-refractivity contribution in [3.05, 3.63) is 12.2 Å². The molecule has 0 aliphatic heterocycles. The van der Waals surface area contributed by atoms with Gasteiger partial charge in [0, 0.05) is 0 Å². The molecule has 0 spiro atoms. The van der Waals surface area contributed by atoms with Gasteiger partial charge in [0.25, 0.3) is 0 Å². The summed E-state index contributed by atoms with van der Waals surface area (Å²) in [6.07, 6.45) is 40.4. The van der Waals surface area contributed by atoms with Gasteiger partial charge in [-0.25, -0.2) is 0 Å². The first kappa shape index (κ1) is 41.7. The zero-order chi connectivity index (χ0) is 33.1. The predicted octanol–water partition coefficient (Wildman–Crippen LogP) is 13.5. The Hall–Kier alpha value is -1.32. The molecule has 1 rings (SSSR count). The number of carboxylic acid groups (broad SMARTS) is 2. The predicted molar refractivity (Wildman–Crippen MR) is 193 cm³/mol. The number of aliphatic carboxylic acids is 2. The highest BCUT2D eigenvalue weighted by atomic mass is 16.4. The van der Waals surface area contributed by atoms with E-state index in [1.807, 2.05) is 19.1 Å². The summed E-state index contributed by atoms with van der Waals surface area (Å²) in [6.45, 7) is 6.48. The Morgan fingerprint density at radius 1 is 0.511 bits per heavy atom. The van der Waals surface area contributed by atoms with Crippen molar-refractivity contribution in [1.82, 2.24) is 0 Å². The molecule has 45 heavy (non-hydrogen) atoms. The Kier molecular flexibility index (Phi) is 24.8. The molecule has 1 aliphatic rings. The Morgan fingerprint density at radius 2 is 0.822 bits per heavy atom. The fraction of sp³-hybridized carbons (Fsp3) is 0.902. The third-order valence-electron chi connectivity index (χ3n) is 11.2. The van der Waals surface area contributed by atoms with E-state index in [2.05, 4.69) is 13.8 Å². The average molecular weight is 633 g/mol. The van der Waals surface area contributed by atoms with Crippen LogP contribution in [0.1, 0.15) is 220 Å². The van der Waals surface area contributed by atoms with Gasteiger partial charge in [-0.15, -0.1) is 0 Å². The van der Waals surface area contributed by atoms with E-state index in [0.717, 1.165) is 38.5 Å². The van der Waals surface area contributed by atoms with Gasteiger partial charge in [0.1, 0.15) is 0 Å². The fourth-order valence-corrected chi connectivity index (χ4v) is 8.16. The van der Waals surface area contributed by atoms with Gasteiger partial charge in [-0.05, 0) is 25.2 Å². The van der Waals surface area contributed by atoms with Gasteiger partial charge >= 0.3 is 11.9 Å². The van der Waals surface area contributed by atoms with Crippen molar-refractivity contribution in [2.45, 2.75) is 220 Å². The van der Waals surface area contributed by atoms with Crippen LogP contribution < -0.4 is 0 Å². The maximum Gasteiger partial charge on any atom is 0.311 e. The van der Waals surface area contributed by atoms with E-state index in [-0.39, 0.29) is 5.92 Å². The Balaban J connectivity index is 2.40. The van der Waals surface area contributed by atoms with Crippen molar-refractivity contribution in [2.24, 2.45) is 16.7 Å². The summed E-state index contributed by atoms with van der Waals surface area (Å²) in [5.41, 5.74) is -2.43. The van der Waals surface area contributed by atoms with Crippen molar-refractivity contribution in [3.63, 3.8) is 0 Å². The highest BCUT2D eigenvalue weighted by Crippen LogP contribution is 2.57. The van der Waals surface area contributed by atoms with Crippen LogP contribution in [0.3, 0.4) is 0 Å². The molecule has 2 N–H and O–H groups in total. The van der Waals surface area contributed by atoms with Crippen molar-refractivity contribution >= 4 is 11.9 Å². The highest BCUT2D eigenvalue weighted by Gasteiger charge is 2.63. The van der Waals surface area contributed by atoms with E-state index < -0.39 is 22.8 Å². The summed E-state index contributed by atoms with van der Waals surface area (Å²) in [6, 6.07) is 0. The first-order chi connectivity index (χ1) is 21.9. The van der Waals surface area contributed by atoms with Crippen LogP contribution >= 0.6 is 0 Å². The second kappa shape index (κ2) is 26.7. The maximum atomic E-state index is 13.0. The number of hydrogen-bond donors (Lipinski definition) is 2. The summed E-state index contributed by atoms with van der Waals surface area (Å²) in [5.74, 6) is -2.07. The average Bonchev–Trinajstić information content (AvgIpc) is 3.02. The van der Waals surface area contributed by atoms with Crippen LogP contribution in [-0.2, 0) is 9.59 Å². The van der Waals surface area contributed by atoms with E-state index in [4.69, 9.17) is 0 Å². The first-order valence-corrected chi connectivity index (χ1v) is 20.0. The second-order valence-corrected chi connectivity index (χ2v) is 14.8. The van der Waals surface area contributed by atoms with Gasteiger partial charge < -0.3 is 10.2 Å². The lowest BCUT2D eigenvalue weighted by atomic mass is 9.50. The molecule has 0 fully saturated rings. The number of rotatable bonds is 32. The lowest BCUT2D eigenvalue weighted by molar-refractivity contribution is -0.182. The number of allylic oxidation sites excluding steroid dienone is 2. The molecular weight excluding hydrogens is 556 g/mol. The number of carboxylic acids is 2. The Morgan fingerprint density at radius 3 is 1.13 bits per heavy atom. The minimum atomic E-state index is -1.22. The van der Waals surface area contributed by atoms with Gasteiger partial charge in [0.15, 0.2) is 0 Å². The summed E-state index contributed by atoms with van der Waals surface area (Å²) in [5, 5.41) is 21.3. The second-order valence-electron chi connectivity index (χ2n) is 14.8. The summed E-state index contributed by atoms with van der Waals surface area (Å²) < 4.78 is 0. The monoisotopic (exact) mass is 633 g/mol. The molecule has 3 atom stereocenters. The van der Waals surface area contributed by atoms with Crippen molar-refractivity contribution in [3.8, 4) is 0 Å². The summed E-state index contributed by atoms with van der Waals surface area (Å²) in [4.78, 5) is 26.0. The van der Waals surface area contributed by atoms with Crippen molar-refractivity contribution < 1.29 is 19.8 Å². The molecule has 3 unspecified atom stereocenters. The minimum Gasteiger partial charge on any atom is -0.481 e. The van der Waals surface area contributed by atoms with E-state index in [1.54, 1.807) is 0 Å². The van der Waals surface area contributed by atoms with Gasteiger partial charge in [-0.3, -0.25) is 9.59 Å². The minimum absolute atomic E-state index is 0.270. The van der Waals surface area contributed by atoms with Gasteiger partial charge in [-0.1, -0.05) is 213 Å². The number of unbranched alkanes of at least 4 members (excludes halogenated alkanes) is 26. The number of carbonyl (C=O) groups is 2. The summed E-state index contributed by atoms with van der Waals surface area (Å²) >= 11 is 0. The zero-order valence-electron chi connectivity index (χ0n) is 30.4. The lowest BCUT2D eigenvalue weighted by Gasteiger charge is -2.50. The highest BCUT2D eigenvalue weighted by molar-refractivity contribution is 5.88. The topological polar surface area (TPSA) is 74.6 Å². The molecule has 1 aliphatic carbocycles. The lowest BCUT2D eigenvalue weighted by Crippen LogP contribution is -2.57. The van der Waals surface area contributed by atoms with E-state index in [9.17, 15) is 19.8 Å². The van der Waals surface area contributed by atoms with E-state index in [1.165, 1.54) is 141 Å². The molecule has 4 nitrogen and oxygen atoms in total. The summed E-state index contributed by atoms with van der Waals surface area (Å²) in [7, 11) is 0. The molecule has 0 radical (unpaired) electrons. The van der Waals surface area contributed by atoms with Gasteiger partial charge in [0.05, 0.1) is 10.8 Å². The van der Waals surface area contributed by atoms with Crippen molar-refractivity contribution in [1.29, 1.82) is 0 Å². The molecule has 0 heterocycles. The Bertz CT molecular complexity index is 761. The molecule has 4 heteroatoms. The SMILES string of the molecule is CCCCCCCCCCCCCCCCC1(C(=O)O)CC=CC(C)C1(CCCCCCCCCCCCCCCC)C(=O)O. The van der Waals surface area contributed by atoms with Crippen LogP contribution in [0.2, 0.25) is 0 Å². The molecule has 264 valence electrons. The van der Waals surface area contributed by atoms with Crippen LogP contribution in [0.4, 0.5) is 0 Å². The van der Waals surface area contributed by atoms with E-state index >= 15 is 0 Å². The van der Waals surface area contributed by atoms with Gasteiger partial charge in [0.2, 0.25) is 0 Å².